The van der Waals surface area contributed by atoms with Gasteiger partial charge in [-0.15, -0.1) is 0 Å². The summed E-state index contributed by atoms with van der Waals surface area (Å²) in [6, 6.07) is 5.05. The molecule has 0 saturated carbocycles. The highest BCUT2D eigenvalue weighted by atomic mass is 16.4. The lowest BCUT2D eigenvalue weighted by molar-refractivity contribution is -0.138. The third-order valence-electron chi connectivity index (χ3n) is 2.95. The molecule has 0 spiro atoms. The Morgan fingerprint density at radius 3 is 2.68 bits per heavy atom. The summed E-state index contributed by atoms with van der Waals surface area (Å²) >= 11 is 0. The number of aliphatic carboxylic acids is 1. The largest absolute Gasteiger partial charge is 0.481 e. The Labute approximate surface area is 124 Å². The molecule has 0 radical (unpaired) electrons. The number of amides is 1. The van der Waals surface area contributed by atoms with Crippen molar-refractivity contribution < 1.29 is 24.6 Å². The molecule has 8 nitrogen and oxygen atoms in total. The molecular formula is C14H16N2O6. The normalized spacial score (nSPS) is 11.5. The number of fused-ring (bicyclic) bond motifs is 1. The predicted molar refractivity (Wildman–Crippen MR) is 79.7 cm³/mol. The zero-order valence-electron chi connectivity index (χ0n) is 11.8. The van der Waals surface area contributed by atoms with E-state index in [9.17, 15) is 14.4 Å². The van der Waals surface area contributed by atoms with Gasteiger partial charge in [-0.25, -0.2) is 4.79 Å². The topological polar surface area (TPSA) is 154 Å². The second-order valence-electron chi connectivity index (χ2n) is 4.65. The van der Waals surface area contributed by atoms with Gasteiger partial charge >= 0.3 is 11.6 Å². The lowest BCUT2D eigenvalue weighted by Crippen LogP contribution is -2.37. The first kappa shape index (κ1) is 17.3. The number of benzene rings is 1. The smallest absolute Gasteiger partial charge is 0.336 e. The van der Waals surface area contributed by atoms with Gasteiger partial charge in [0.25, 0.3) is 0 Å². The van der Waals surface area contributed by atoms with Crippen LogP contribution < -0.4 is 16.7 Å². The van der Waals surface area contributed by atoms with E-state index in [1.165, 1.54) is 12.1 Å². The molecule has 1 atom stereocenters. The van der Waals surface area contributed by atoms with Crippen LogP contribution in [0, 0.1) is 6.92 Å². The van der Waals surface area contributed by atoms with Crippen LogP contribution in [0.15, 0.2) is 33.5 Å². The van der Waals surface area contributed by atoms with Crippen molar-refractivity contribution in [2.24, 2.45) is 5.73 Å². The Morgan fingerprint density at radius 1 is 1.36 bits per heavy atom. The number of nitrogens with one attached hydrogen (secondary N) is 1. The van der Waals surface area contributed by atoms with E-state index in [0.29, 0.717) is 11.3 Å². The molecule has 1 heterocycles. The fourth-order valence-corrected chi connectivity index (χ4v) is 1.92. The van der Waals surface area contributed by atoms with Crippen LogP contribution in [0.1, 0.15) is 12.0 Å². The molecule has 0 aliphatic heterocycles. The summed E-state index contributed by atoms with van der Waals surface area (Å²) in [6.07, 6.45) is -0.465. The van der Waals surface area contributed by atoms with E-state index >= 15 is 0 Å². The van der Waals surface area contributed by atoms with Gasteiger partial charge < -0.3 is 26.1 Å². The van der Waals surface area contributed by atoms with Crippen molar-refractivity contribution >= 4 is 28.5 Å². The quantitative estimate of drug-likeness (QED) is 0.676. The van der Waals surface area contributed by atoms with Crippen LogP contribution in [0.3, 0.4) is 0 Å². The third kappa shape index (κ3) is 3.90. The van der Waals surface area contributed by atoms with E-state index in [2.05, 4.69) is 5.32 Å². The average Bonchev–Trinajstić information content (AvgIpc) is 2.37. The minimum Gasteiger partial charge on any atom is -0.481 e. The van der Waals surface area contributed by atoms with Crippen molar-refractivity contribution in [2.75, 3.05) is 5.32 Å². The van der Waals surface area contributed by atoms with E-state index in [4.69, 9.17) is 15.3 Å². The SMILES string of the molecule is Cc1cc(=O)oc2cc(NC(=O)[C@@H](N)CC(=O)O)ccc12.O. The molecule has 0 saturated heterocycles. The van der Waals surface area contributed by atoms with Crippen LogP contribution in [0.4, 0.5) is 5.69 Å². The van der Waals surface area contributed by atoms with Gasteiger partial charge in [0.2, 0.25) is 5.91 Å². The lowest BCUT2D eigenvalue weighted by atomic mass is 10.1. The molecule has 22 heavy (non-hydrogen) atoms. The number of carbonyl (C=O) groups excluding carboxylic acids is 1. The molecule has 6 N–H and O–H groups in total. The number of hydrogen-bond donors (Lipinski definition) is 3. The zero-order valence-corrected chi connectivity index (χ0v) is 11.8. The summed E-state index contributed by atoms with van der Waals surface area (Å²) in [6.45, 7) is 1.78. The number of nitrogens with two attached hydrogens (primary N) is 1. The predicted octanol–water partition coefficient (Wildman–Crippen LogP) is 0.0172. The summed E-state index contributed by atoms with van der Waals surface area (Å²) < 4.78 is 5.06. The fourth-order valence-electron chi connectivity index (χ4n) is 1.92. The molecular weight excluding hydrogens is 292 g/mol. The average molecular weight is 308 g/mol. The van der Waals surface area contributed by atoms with Crippen LogP contribution in [-0.2, 0) is 9.59 Å². The number of rotatable bonds is 4. The van der Waals surface area contributed by atoms with E-state index < -0.39 is 30.0 Å². The molecule has 1 amide bonds. The maximum absolute atomic E-state index is 11.7. The molecule has 0 bridgehead atoms. The van der Waals surface area contributed by atoms with Gasteiger partial charge in [0.1, 0.15) is 5.58 Å². The fraction of sp³-hybridized carbons (Fsp3) is 0.214. The Balaban J connectivity index is 0.00000242. The Hall–Kier alpha value is -2.71. The summed E-state index contributed by atoms with van der Waals surface area (Å²) in [5.41, 5.74) is 6.46. The van der Waals surface area contributed by atoms with Gasteiger partial charge in [0, 0.05) is 23.2 Å². The zero-order chi connectivity index (χ0) is 15.6. The van der Waals surface area contributed by atoms with E-state index in [0.717, 1.165) is 10.9 Å². The van der Waals surface area contributed by atoms with Gasteiger partial charge in [0.05, 0.1) is 12.5 Å². The standard InChI is InChI=1S/C14H14N2O5.H2O/c1-7-4-13(19)21-11-5-8(2-3-9(7)11)16-14(20)10(15)6-12(17)18;/h2-5,10H,6,15H2,1H3,(H,16,20)(H,17,18);1H2/t10-;/m0./s1. The molecule has 0 aliphatic rings. The van der Waals surface area contributed by atoms with Crippen molar-refractivity contribution in [3.63, 3.8) is 0 Å². The monoisotopic (exact) mass is 308 g/mol. The minimum absolute atomic E-state index is 0. The summed E-state index contributed by atoms with van der Waals surface area (Å²) in [7, 11) is 0. The van der Waals surface area contributed by atoms with Gasteiger partial charge in [-0.3, -0.25) is 9.59 Å². The second kappa shape index (κ2) is 6.83. The second-order valence-corrected chi connectivity index (χ2v) is 4.65. The van der Waals surface area contributed by atoms with Crippen molar-refractivity contribution in [1.82, 2.24) is 0 Å². The van der Waals surface area contributed by atoms with Crippen LogP contribution in [-0.4, -0.2) is 28.5 Å². The van der Waals surface area contributed by atoms with E-state index in [1.807, 2.05) is 0 Å². The van der Waals surface area contributed by atoms with Gasteiger partial charge in [-0.05, 0) is 24.6 Å². The highest BCUT2D eigenvalue weighted by molar-refractivity contribution is 5.98. The van der Waals surface area contributed by atoms with Crippen molar-refractivity contribution in [3.8, 4) is 0 Å². The molecule has 1 aromatic carbocycles. The number of carboxylic acid groups (broad SMARTS) is 1. The first-order valence-corrected chi connectivity index (χ1v) is 6.19. The first-order chi connectivity index (χ1) is 9.86. The Morgan fingerprint density at radius 2 is 2.05 bits per heavy atom. The number of carboxylic acids is 1. The van der Waals surface area contributed by atoms with Crippen LogP contribution >= 0.6 is 0 Å². The van der Waals surface area contributed by atoms with Gasteiger partial charge in [-0.2, -0.15) is 0 Å². The van der Waals surface area contributed by atoms with Crippen LogP contribution in [0.25, 0.3) is 11.0 Å². The van der Waals surface area contributed by atoms with Gasteiger partial charge in [-0.1, -0.05) is 0 Å². The van der Waals surface area contributed by atoms with E-state index in [-0.39, 0.29) is 5.48 Å². The Bertz CT molecular complexity index is 768. The highest BCUT2D eigenvalue weighted by Gasteiger charge is 2.17. The molecule has 118 valence electrons. The van der Waals surface area contributed by atoms with E-state index in [1.54, 1.807) is 19.1 Å². The number of anilines is 1. The first-order valence-electron chi connectivity index (χ1n) is 6.19. The number of hydrogen-bond acceptors (Lipinski definition) is 5. The minimum atomic E-state index is -1.15. The van der Waals surface area contributed by atoms with Crippen molar-refractivity contribution in [2.45, 2.75) is 19.4 Å². The maximum Gasteiger partial charge on any atom is 0.336 e. The lowest BCUT2D eigenvalue weighted by Gasteiger charge is -2.10. The van der Waals surface area contributed by atoms with Crippen LogP contribution in [0.5, 0.6) is 0 Å². The Kier molecular flexibility index (Phi) is 5.39. The van der Waals surface area contributed by atoms with Crippen molar-refractivity contribution in [3.05, 3.63) is 40.2 Å². The third-order valence-corrected chi connectivity index (χ3v) is 2.95. The molecule has 0 aliphatic carbocycles. The van der Waals surface area contributed by atoms with Gasteiger partial charge in [0.15, 0.2) is 0 Å². The summed E-state index contributed by atoms with van der Waals surface area (Å²) in [5, 5.41) is 11.8. The summed E-state index contributed by atoms with van der Waals surface area (Å²) in [5.74, 6) is -1.77. The molecule has 2 aromatic rings. The van der Waals surface area contributed by atoms with Crippen LogP contribution in [0.2, 0.25) is 0 Å². The molecule has 2 rings (SSSR count). The molecule has 0 fully saturated rings. The summed E-state index contributed by atoms with van der Waals surface area (Å²) in [4.78, 5) is 33.6. The highest BCUT2D eigenvalue weighted by Crippen LogP contribution is 2.20. The molecule has 1 aromatic heterocycles. The molecule has 8 heteroatoms. The maximum atomic E-state index is 11.7. The molecule has 0 unspecified atom stereocenters. The number of aryl methyl sites for hydroxylation is 1. The van der Waals surface area contributed by atoms with Crippen molar-refractivity contribution in [1.29, 1.82) is 0 Å². The number of carbonyl (C=O) groups is 2.